The summed E-state index contributed by atoms with van der Waals surface area (Å²) in [5.74, 6) is 1.70. The lowest BCUT2D eigenvalue weighted by atomic mass is 10.1. The summed E-state index contributed by atoms with van der Waals surface area (Å²) in [4.78, 5) is 29.8. The molecular weight excluding hydrogens is 586 g/mol. The summed E-state index contributed by atoms with van der Waals surface area (Å²) in [6, 6.07) is 25.7. The van der Waals surface area contributed by atoms with Crippen molar-refractivity contribution >= 4 is 39.5 Å². The van der Waals surface area contributed by atoms with Gasteiger partial charge in [-0.3, -0.25) is 14.2 Å². The van der Waals surface area contributed by atoms with E-state index in [4.69, 9.17) is 0 Å². The fraction of sp³-hybridized carbons (Fsp3) is 0.290. The zero-order chi connectivity index (χ0) is 28.1. The molecule has 1 aliphatic rings. The smallest absolute Gasteiger partial charge is 0.254 e. The Morgan fingerprint density at radius 3 is 2.40 bits per heavy atom. The first-order chi connectivity index (χ1) is 19.4. The third kappa shape index (κ3) is 6.31. The average molecular weight is 619 g/mol. The molecule has 1 atom stereocenters. The van der Waals surface area contributed by atoms with Crippen LogP contribution < -0.4 is 0 Å². The van der Waals surface area contributed by atoms with Gasteiger partial charge in [-0.05, 0) is 56.2 Å². The Kier molecular flexibility index (Phi) is 9.01. The van der Waals surface area contributed by atoms with Crippen LogP contribution in [0.2, 0.25) is 0 Å². The molecule has 1 aromatic heterocycles. The van der Waals surface area contributed by atoms with Crippen molar-refractivity contribution in [3.63, 3.8) is 0 Å². The van der Waals surface area contributed by atoms with Crippen LogP contribution in [0.4, 0.5) is 0 Å². The van der Waals surface area contributed by atoms with E-state index in [2.05, 4.69) is 49.8 Å². The van der Waals surface area contributed by atoms with E-state index in [9.17, 15) is 9.59 Å². The van der Waals surface area contributed by atoms with Crippen LogP contribution in [0.1, 0.15) is 35.7 Å². The number of amides is 2. The van der Waals surface area contributed by atoms with Crippen molar-refractivity contribution in [3.8, 4) is 17.1 Å². The number of halogens is 1. The lowest BCUT2D eigenvalue weighted by Crippen LogP contribution is -2.55. The first kappa shape index (κ1) is 28.1. The normalized spacial score (nSPS) is 15.3. The molecule has 0 N–H and O–H groups in total. The first-order valence-electron chi connectivity index (χ1n) is 13.5. The Bertz CT molecular complexity index is 1470. The van der Waals surface area contributed by atoms with Gasteiger partial charge >= 0.3 is 0 Å². The van der Waals surface area contributed by atoms with Crippen molar-refractivity contribution in [2.75, 3.05) is 25.4 Å². The van der Waals surface area contributed by atoms with Crippen molar-refractivity contribution in [1.29, 1.82) is 0 Å². The van der Waals surface area contributed by atoms with Gasteiger partial charge in [0.2, 0.25) is 5.91 Å². The van der Waals surface area contributed by atoms with Gasteiger partial charge in [0.25, 0.3) is 5.91 Å². The van der Waals surface area contributed by atoms with E-state index in [1.807, 2.05) is 83.5 Å². The van der Waals surface area contributed by atoms with Crippen LogP contribution in [0.15, 0.2) is 88.5 Å². The maximum absolute atomic E-state index is 13.0. The SMILES string of the molecule is Cc1ccccc1-n1c(SCCCC(=O)N2CCN(C(=O)c3ccc(Br)cc3)C(C)C2)nnc1-c1ccccc1. The van der Waals surface area contributed by atoms with Crippen molar-refractivity contribution in [3.05, 3.63) is 94.5 Å². The van der Waals surface area contributed by atoms with Crippen LogP contribution in [0, 0.1) is 6.92 Å². The second-order valence-corrected chi connectivity index (χ2v) is 11.9. The molecule has 1 fully saturated rings. The number of aryl methyl sites for hydroxylation is 1. The molecule has 1 saturated heterocycles. The Balaban J connectivity index is 1.18. The molecule has 0 spiro atoms. The highest BCUT2D eigenvalue weighted by atomic mass is 79.9. The lowest BCUT2D eigenvalue weighted by Gasteiger charge is -2.40. The second-order valence-electron chi connectivity index (χ2n) is 9.94. The highest BCUT2D eigenvalue weighted by Crippen LogP contribution is 2.30. The molecule has 40 heavy (non-hydrogen) atoms. The number of carbonyl (C=O) groups is 2. The first-order valence-corrected chi connectivity index (χ1v) is 15.2. The maximum Gasteiger partial charge on any atom is 0.254 e. The topological polar surface area (TPSA) is 71.3 Å². The molecule has 7 nitrogen and oxygen atoms in total. The lowest BCUT2D eigenvalue weighted by molar-refractivity contribution is -0.133. The van der Waals surface area contributed by atoms with Crippen molar-refractivity contribution in [2.24, 2.45) is 0 Å². The summed E-state index contributed by atoms with van der Waals surface area (Å²) in [5, 5.41) is 9.87. The van der Waals surface area contributed by atoms with Crippen LogP contribution >= 0.6 is 27.7 Å². The molecule has 0 radical (unpaired) electrons. The summed E-state index contributed by atoms with van der Waals surface area (Å²) in [6.07, 6.45) is 1.20. The fourth-order valence-electron chi connectivity index (χ4n) is 4.96. The largest absolute Gasteiger partial charge is 0.339 e. The Morgan fingerprint density at radius 2 is 1.68 bits per heavy atom. The average Bonchev–Trinajstić information content (AvgIpc) is 3.39. The Morgan fingerprint density at radius 1 is 0.950 bits per heavy atom. The Hall–Kier alpha value is -3.43. The van der Waals surface area contributed by atoms with Crippen molar-refractivity contribution in [1.82, 2.24) is 24.6 Å². The van der Waals surface area contributed by atoms with Crippen molar-refractivity contribution < 1.29 is 9.59 Å². The number of nitrogens with zero attached hydrogens (tertiary/aromatic N) is 5. The molecular formula is C31H32BrN5O2S. The van der Waals surface area contributed by atoms with Crippen LogP contribution in [0.5, 0.6) is 0 Å². The van der Waals surface area contributed by atoms with E-state index in [0.29, 0.717) is 31.6 Å². The van der Waals surface area contributed by atoms with Gasteiger partial charge < -0.3 is 9.80 Å². The minimum Gasteiger partial charge on any atom is -0.339 e. The summed E-state index contributed by atoms with van der Waals surface area (Å²) < 4.78 is 3.05. The molecule has 2 amide bonds. The molecule has 1 aliphatic heterocycles. The Labute approximate surface area is 247 Å². The fourth-order valence-corrected chi connectivity index (χ4v) is 6.11. The number of hydrogen-bond donors (Lipinski definition) is 0. The van der Waals surface area contributed by atoms with E-state index in [1.165, 1.54) is 0 Å². The van der Waals surface area contributed by atoms with Crippen LogP contribution in [0.25, 0.3) is 17.1 Å². The number of benzene rings is 3. The van der Waals surface area contributed by atoms with E-state index in [1.54, 1.807) is 11.8 Å². The summed E-state index contributed by atoms with van der Waals surface area (Å²) >= 11 is 5.04. The number of thioether (sulfide) groups is 1. The number of rotatable bonds is 8. The molecule has 1 unspecified atom stereocenters. The quantitative estimate of drug-likeness (QED) is 0.173. The van der Waals surface area contributed by atoms with Gasteiger partial charge in [0.05, 0.1) is 5.69 Å². The third-order valence-electron chi connectivity index (χ3n) is 7.12. The molecule has 0 saturated carbocycles. The summed E-state index contributed by atoms with van der Waals surface area (Å²) in [5.41, 5.74) is 3.87. The van der Waals surface area contributed by atoms with E-state index in [0.717, 1.165) is 44.4 Å². The van der Waals surface area contributed by atoms with Crippen LogP contribution in [-0.4, -0.2) is 67.8 Å². The van der Waals surface area contributed by atoms with Gasteiger partial charge in [-0.1, -0.05) is 76.2 Å². The monoisotopic (exact) mass is 617 g/mol. The number of piperazine rings is 1. The molecule has 3 aromatic carbocycles. The summed E-state index contributed by atoms with van der Waals surface area (Å²) in [7, 11) is 0. The third-order valence-corrected chi connectivity index (χ3v) is 8.66. The molecule has 4 aromatic rings. The minimum atomic E-state index is -0.0349. The van der Waals surface area contributed by atoms with Gasteiger partial charge in [-0.2, -0.15) is 0 Å². The zero-order valence-corrected chi connectivity index (χ0v) is 25.1. The van der Waals surface area contributed by atoms with E-state index < -0.39 is 0 Å². The predicted octanol–water partition coefficient (Wildman–Crippen LogP) is 6.25. The highest BCUT2D eigenvalue weighted by Gasteiger charge is 2.30. The molecule has 9 heteroatoms. The number of para-hydroxylation sites is 1. The van der Waals surface area contributed by atoms with Gasteiger partial charge in [-0.15, -0.1) is 10.2 Å². The van der Waals surface area contributed by atoms with Gasteiger partial charge in [0.15, 0.2) is 11.0 Å². The molecule has 206 valence electrons. The summed E-state index contributed by atoms with van der Waals surface area (Å²) in [6.45, 7) is 5.74. The minimum absolute atomic E-state index is 0.0103. The maximum atomic E-state index is 13.0. The van der Waals surface area contributed by atoms with Gasteiger partial charge in [0, 0.05) is 53.4 Å². The zero-order valence-electron chi connectivity index (χ0n) is 22.7. The van der Waals surface area contributed by atoms with E-state index >= 15 is 0 Å². The number of hydrogen-bond acceptors (Lipinski definition) is 5. The van der Waals surface area contributed by atoms with Crippen LogP contribution in [-0.2, 0) is 4.79 Å². The standard InChI is InChI=1S/C31H32BrN5O2S/c1-22-9-6-7-12-27(22)37-29(24-10-4-3-5-11-24)33-34-31(37)40-20-8-13-28(38)35-18-19-36(23(2)21-35)30(39)25-14-16-26(32)17-15-25/h3-7,9-12,14-17,23H,8,13,18-21H2,1-2H3. The van der Waals surface area contributed by atoms with E-state index in [-0.39, 0.29) is 17.9 Å². The van der Waals surface area contributed by atoms with Crippen molar-refractivity contribution in [2.45, 2.75) is 37.9 Å². The molecule has 0 aliphatic carbocycles. The van der Waals surface area contributed by atoms with Crippen LogP contribution in [0.3, 0.4) is 0 Å². The molecule has 0 bridgehead atoms. The molecule has 5 rings (SSSR count). The second kappa shape index (κ2) is 12.8. The molecule has 2 heterocycles. The number of carbonyl (C=O) groups excluding carboxylic acids is 2. The van der Waals surface area contributed by atoms with Gasteiger partial charge in [0.1, 0.15) is 0 Å². The highest BCUT2D eigenvalue weighted by molar-refractivity contribution is 9.10. The number of aromatic nitrogens is 3. The predicted molar refractivity (Wildman–Crippen MR) is 163 cm³/mol. The van der Waals surface area contributed by atoms with Gasteiger partial charge in [-0.25, -0.2) is 0 Å².